The molecule has 0 unspecified atom stereocenters. The molecule has 156 valence electrons. The molecule has 1 atom stereocenters. The number of likely N-dealkylation sites (tertiary alicyclic amines) is 1. The summed E-state index contributed by atoms with van der Waals surface area (Å²) in [5.41, 5.74) is 0.450. The average molecular weight is 474 g/mol. The van der Waals surface area contributed by atoms with Crippen molar-refractivity contribution in [3.63, 3.8) is 0 Å². The molecule has 1 aliphatic heterocycles. The summed E-state index contributed by atoms with van der Waals surface area (Å²) >= 11 is 15.0. The summed E-state index contributed by atoms with van der Waals surface area (Å²) in [5.74, 6) is 1.32. The molecule has 0 spiro atoms. The summed E-state index contributed by atoms with van der Waals surface area (Å²) in [7, 11) is 3.40. The SMILES string of the molecule is CN(C)C(=O)c1csc(SCCN2C(=O)CC[C@@H]2COc2cc(Cl)cc(Cl)c2)n1. The van der Waals surface area contributed by atoms with Crippen LogP contribution in [0.4, 0.5) is 0 Å². The fourth-order valence-electron chi connectivity index (χ4n) is 2.96. The van der Waals surface area contributed by atoms with E-state index in [4.69, 9.17) is 27.9 Å². The number of amides is 2. The standard InChI is InChI=1S/C19H21Cl2N3O3S2/c1-23(2)18(26)16-11-29-19(22-16)28-6-5-24-14(3-4-17(24)25)10-27-15-8-12(20)7-13(21)9-15/h7-9,11,14H,3-6,10H2,1-2H3/t14-/m1/s1. The lowest BCUT2D eigenvalue weighted by Gasteiger charge is -2.24. The zero-order valence-corrected chi connectivity index (χ0v) is 19.2. The fraction of sp³-hybridized carbons (Fsp3) is 0.421. The van der Waals surface area contributed by atoms with E-state index in [0.717, 1.165) is 10.8 Å². The largest absolute Gasteiger partial charge is 0.491 e. The van der Waals surface area contributed by atoms with E-state index < -0.39 is 0 Å². The summed E-state index contributed by atoms with van der Waals surface area (Å²) in [6.07, 6.45) is 1.28. The number of rotatable bonds is 8. The minimum atomic E-state index is -0.110. The third-order valence-corrected chi connectivity index (χ3v) is 6.83. The van der Waals surface area contributed by atoms with E-state index in [2.05, 4.69) is 4.98 Å². The van der Waals surface area contributed by atoms with Gasteiger partial charge in [-0.25, -0.2) is 4.98 Å². The lowest BCUT2D eigenvalue weighted by molar-refractivity contribution is -0.129. The molecule has 1 aliphatic rings. The topological polar surface area (TPSA) is 62.7 Å². The van der Waals surface area contributed by atoms with Crippen LogP contribution in [0.15, 0.2) is 27.9 Å². The smallest absolute Gasteiger partial charge is 0.272 e. The second-order valence-electron chi connectivity index (χ2n) is 6.74. The van der Waals surface area contributed by atoms with Crippen molar-refractivity contribution >= 4 is 58.1 Å². The molecule has 29 heavy (non-hydrogen) atoms. The van der Waals surface area contributed by atoms with Crippen LogP contribution in [-0.2, 0) is 4.79 Å². The molecule has 1 fully saturated rings. The normalized spacial score (nSPS) is 16.3. The van der Waals surface area contributed by atoms with Crippen molar-refractivity contribution in [3.05, 3.63) is 39.3 Å². The third kappa shape index (κ3) is 6.01. The zero-order chi connectivity index (χ0) is 21.0. The monoisotopic (exact) mass is 473 g/mol. The van der Waals surface area contributed by atoms with Crippen LogP contribution in [0.5, 0.6) is 5.75 Å². The fourth-order valence-corrected chi connectivity index (χ4v) is 5.28. The van der Waals surface area contributed by atoms with E-state index in [-0.39, 0.29) is 17.9 Å². The van der Waals surface area contributed by atoms with E-state index in [9.17, 15) is 9.59 Å². The van der Waals surface area contributed by atoms with Gasteiger partial charge >= 0.3 is 0 Å². The molecular weight excluding hydrogens is 453 g/mol. The highest BCUT2D eigenvalue weighted by Gasteiger charge is 2.31. The zero-order valence-electron chi connectivity index (χ0n) is 16.1. The molecule has 10 heteroatoms. The second kappa shape index (κ2) is 10.0. The highest BCUT2D eigenvalue weighted by atomic mass is 35.5. The van der Waals surface area contributed by atoms with E-state index in [1.807, 2.05) is 4.90 Å². The molecule has 1 aromatic carbocycles. The Bertz CT molecular complexity index is 871. The van der Waals surface area contributed by atoms with Gasteiger partial charge in [-0.3, -0.25) is 9.59 Å². The van der Waals surface area contributed by atoms with Gasteiger partial charge in [-0.15, -0.1) is 11.3 Å². The maximum atomic E-state index is 12.3. The number of carbonyl (C=O) groups excluding carboxylic acids is 2. The van der Waals surface area contributed by atoms with Crippen LogP contribution >= 0.6 is 46.3 Å². The molecule has 3 rings (SSSR count). The first-order valence-corrected chi connectivity index (χ1v) is 11.6. The van der Waals surface area contributed by atoms with Crippen LogP contribution in [0, 0.1) is 0 Å². The lowest BCUT2D eigenvalue weighted by atomic mass is 10.2. The summed E-state index contributed by atoms with van der Waals surface area (Å²) in [6.45, 7) is 0.996. The molecule has 6 nitrogen and oxygen atoms in total. The van der Waals surface area contributed by atoms with E-state index in [1.54, 1.807) is 49.4 Å². The summed E-state index contributed by atoms with van der Waals surface area (Å²) in [5, 5.41) is 2.79. The number of nitrogens with zero attached hydrogens (tertiary/aromatic N) is 3. The Hall–Kier alpha value is -1.48. The number of hydrogen-bond acceptors (Lipinski definition) is 6. The average Bonchev–Trinajstić information content (AvgIpc) is 3.26. The predicted octanol–water partition coefficient (Wildman–Crippen LogP) is 4.31. The number of carbonyl (C=O) groups is 2. The number of ether oxygens (including phenoxy) is 1. The first-order valence-electron chi connectivity index (χ1n) is 9.02. The van der Waals surface area contributed by atoms with Crippen molar-refractivity contribution in [2.24, 2.45) is 0 Å². The van der Waals surface area contributed by atoms with Gasteiger partial charge in [-0.2, -0.15) is 0 Å². The Balaban J connectivity index is 1.51. The minimum Gasteiger partial charge on any atom is -0.491 e. The Morgan fingerprint density at radius 1 is 1.34 bits per heavy atom. The van der Waals surface area contributed by atoms with E-state index in [1.165, 1.54) is 16.2 Å². The van der Waals surface area contributed by atoms with Gasteiger partial charge in [0, 0.05) is 48.2 Å². The summed E-state index contributed by atoms with van der Waals surface area (Å²) in [4.78, 5) is 31.9. The highest BCUT2D eigenvalue weighted by molar-refractivity contribution is 8.01. The van der Waals surface area contributed by atoms with Crippen LogP contribution in [0.25, 0.3) is 0 Å². The van der Waals surface area contributed by atoms with E-state index >= 15 is 0 Å². The number of aromatic nitrogens is 1. The Morgan fingerprint density at radius 2 is 2.07 bits per heavy atom. The van der Waals surface area contributed by atoms with Gasteiger partial charge in [0.15, 0.2) is 4.34 Å². The molecule has 0 N–H and O–H groups in total. The van der Waals surface area contributed by atoms with Crippen LogP contribution in [0.3, 0.4) is 0 Å². The first-order chi connectivity index (χ1) is 13.8. The highest BCUT2D eigenvalue weighted by Crippen LogP contribution is 2.27. The number of thioether (sulfide) groups is 1. The Kier molecular flexibility index (Phi) is 7.67. The first kappa shape index (κ1) is 22.2. The van der Waals surface area contributed by atoms with Crippen molar-refractivity contribution in [1.29, 1.82) is 0 Å². The molecule has 0 radical (unpaired) electrons. The molecule has 0 saturated carbocycles. The molecule has 2 amide bonds. The molecule has 1 saturated heterocycles. The molecule has 1 aromatic heterocycles. The van der Waals surface area contributed by atoms with Gasteiger partial charge in [0.05, 0.1) is 6.04 Å². The molecule has 2 heterocycles. The van der Waals surface area contributed by atoms with Gasteiger partial charge in [0.1, 0.15) is 18.1 Å². The minimum absolute atomic E-state index is 0.0167. The number of halogens is 2. The van der Waals surface area contributed by atoms with Gasteiger partial charge in [-0.1, -0.05) is 35.0 Å². The lowest BCUT2D eigenvalue weighted by Crippen LogP contribution is -2.38. The number of hydrogen-bond donors (Lipinski definition) is 0. The third-order valence-electron chi connectivity index (χ3n) is 4.40. The predicted molar refractivity (Wildman–Crippen MR) is 118 cm³/mol. The molecule has 0 bridgehead atoms. The number of thiazole rings is 1. The molecular formula is C19H21Cl2N3O3S2. The van der Waals surface area contributed by atoms with Crippen molar-refractivity contribution in [2.75, 3.05) is 33.0 Å². The van der Waals surface area contributed by atoms with Crippen LogP contribution in [0.2, 0.25) is 10.0 Å². The van der Waals surface area contributed by atoms with Crippen molar-refractivity contribution in [2.45, 2.75) is 23.2 Å². The second-order valence-corrected chi connectivity index (χ2v) is 9.82. The van der Waals surface area contributed by atoms with Crippen molar-refractivity contribution < 1.29 is 14.3 Å². The van der Waals surface area contributed by atoms with E-state index in [0.29, 0.717) is 46.8 Å². The van der Waals surface area contributed by atoms with Crippen LogP contribution in [0.1, 0.15) is 23.3 Å². The molecule has 0 aliphatic carbocycles. The van der Waals surface area contributed by atoms with Gasteiger partial charge in [0.25, 0.3) is 5.91 Å². The van der Waals surface area contributed by atoms with Crippen LogP contribution < -0.4 is 4.74 Å². The quantitative estimate of drug-likeness (QED) is 0.534. The summed E-state index contributed by atoms with van der Waals surface area (Å²) in [6, 6.07) is 5.08. The molecule has 2 aromatic rings. The number of benzene rings is 1. The Labute approximate surface area is 188 Å². The maximum Gasteiger partial charge on any atom is 0.272 e. The maximum absolute atomic E-state index is 12.3. The summed E-state index contributed by atoms with van der Waals surface area (Å²) < 4.78 is 6.65. The van der Waals surface area contributed by atoms with Crippen molar-refractivity contribution in [3.8, 4) is 5.75 Å². The van der Waals surface area contributed by atoms with Crippen LogP contribution in [-0.4, -0.2) is 65.6 Å². The van der Waals surface area contributed by atoms with Gasteiger partial charge in [0.2, 0.25) is 5.91 Å². The van der Waals surface area contributed by atoms with Gasteiger partial charge < -0.3 is 14.5 Å². The van der Waals surface area contributed by atoms with Crippen molar-refractivity contribution in [1.82, 2.24) is 14.8 Å². The van der Waals surface area contributed by atoms with Gasteiger partial charge in [-0.05, 0) is 24.6 Å². The Morgan fingerprint density at radius 3 is 2.76 bits per heavy atom.